The number of hydrogen-bond donors (Lipinski definition) is 1. The Morgan fingerprint density at radius 1 is 0.842 bits per heavy atom. The van der Waals surface area contributed by atoms with Crippen LogP contribution in [-0.2, 0) is 9.59 Å². The fourth-order valence-corrected chi connectivity index (χ4v) is 4.50. The second-order valence-electron chi connectivity index (χ2n) is 10.0. The molecule has 1 aliphatic rings. The molecule has 1 aliphatic heterocycles. The molecule has 1 N–H and O–H groups in total. The Morgan fingerprint density at radius 2 is 1.42 bits per heavy atom. The van der Waals surface area contributed by atoms with Gasteiger partial charge in [0.1, 0.15) is 17.3 Å². The van der Waals surface area contributed by atoms with Crippen LogP contribution in [0.2, 0.25) is 0 Å². The van der Waals surface area contributed by atoms with Crippen molar-refractivity contribution in [2.24, 2.45) is 0 Å². The number of hydrogen-bond acceptors (Lipinski definition) is 6. The van der Waals surface area contributed by atoms with Crippen LogP contribution in [0.3, 0.4) is 0 Å². The monoisotopic (exact) mass is 514 g/mol. The van der Waals surface area contributed by atoms with Crippen molar-refractivity contribution in [1.82, 2.24) is 0 Å². The first kappa shape index (κ1) is 26.8. The Hall–Kier alpha value is -4.26. The van der Waals surface area contributed by atoms with Crippen molar-refractivity contribution in [2.75, 3.05) is 23.9 Å². The molecule has 0 spiro atoms. The Morgan fingerprint density at radius 3 is 2.00 bits per heavy atom. The smallest absolute Gasteiger partial charge is 0.300 e. The van der Waals surface area contributed by atoms with Gasteiger partial charge in [-0.25, -0.2) is 0 Å². The van der Waals surface area contributed by atoms with Crippen molar-refractivity contribution in [3.8, 4) is 11.5 Å². The molecular weight excluding hydrogens is 480 g/mol. The highest BCUT2D eigenvalue weighted by atomic mass is 16.5. The number of ketones is 1. The number of carbonyl (C=O) groups is 2. The van der Waals surface area contributed by atoms with Gasteiger partial charge in [-0.3, -0.25) is 14.5 Å². The fraction of sp³-hybridized carbons (Fsp3) is 0.290. The summed E-state index contributed by atoms with van der Waals surface area (Å²) in [4.78, 5) is 30.4. The van der Waals surface area contributed by atoms with Crippen LogP contribution in [0.1, 0.15) is 44.9 Å². The molecule has 0 saturated carbocycles. The lowest BCUT2D eigenvalue weighted by atomic mass is 9.95. The topological polar surface area (TPSA) is 79.3 Å². The van der Waals surface area contributed by atoms with Crippen molar-refractivity contribution in [3.05, 3.63) is 89.5 Å². The number of carbonyl (C=O) groups excluding carboxylic acids is 2. The van der Waals surface area contributed by atoms with Crippen molar-refractivity contribution < 1.29 is 24.2 Å². The first-order chi connectivity index (χ1) is 18.1. The zero-order chi connectivity index (χ0) is 27.6. The molecule has 1 saturated heterocycles. The van der Waals surface area contributed by atoms with Gasteiger partial charge < -0.3 is 19.5 Å². The minimum atomic E-state index is -0.856. The van der Waals surface area contributed by atoms with E-state index in [2.05, 4.69) is 0 Å². The Labute approximate surface area is 223 Å². The first-order valence-electron chi connectivity index (χ1n) is 12.7. The Kier molecular flexibility index (Phi) is 7.76. The van der Waals surface area contributed by atoms with Gasteiger partial charge in [-0.1, -0.05) is 24.3 Å². The Bertz CT molecular complexity index is 1360. The van der Waals surface area contributed by atoms with Gasteiger partial charge in [-0.2, -0.15) is 0 Å². The average molecular weight is 515 g/mol. The summed E-state index contributed by atoms with van der Waals surface area (Å²) in [5.41, 5.74) is 2.55. The maximum absolute atomic E-state index is 13.5. The van der Waals surface area contributed by atoms with Crippen LogP contribution in [-0.4, -0.2) is 43.1 Å². The molecular formula is C31H34N2O5. The van der Waals surface area contributed by atoms with E-state index in [1.807, 2.05) is 83.1 Å². The predicted molar refractivity (Wildman–Crippen MR) is 150 cm³/mol. The zero-order valence-electron chi connectivity index (χ0n) is 22.6. The van der Waals surface area contributed by atoms with Gasteiger partial charge in [0.2, 0.25) is 0 Å². The van der Waals surface area contributed by atoms with E-state index >= 15 is 0 Å². The second kappa shape index (κ2) is 11.0. The van der Waals surface area contributed by atoms with Crippen LogP contribution in [0.25, 0.3) is 5.76 Å². The quantitative estimate of drug-likeness (QED) is 0.227. The van der Waals surface area contributed by atoms with Crippen LogP contribution < -0.4 is 19.3 Å². The lowest BCUT2D eigenvalue weighted by Gasteiger charge is -2.26. The van der Waals surface area contributed by atoms with Gasteiger partial charge in [0.15, 0.2) is 0 Å². The molecule has 0 aliphatic carbocycles. The molecule has 7 heteroatoms. The van der Waals surface area contributed by atoms with Gasteiger partial charge in [-0.05, 0) is 81.8 Å². The number of ether oxygens (including phenoxy) is 2. The molecule has 1 atom stereocenters. The molecule has 7 nitrogen and oxygen atoms in total. The van der Waals surface area contributed by atoms with E-state index in [1.54, 1.807) is 36.4 Å². The van der Waals surface area contributed by atoms with Crippen LogP contribution in [0.5, 0.6) is 11.5 Å². The number of rotatable bonds is 8. The van der Waals surface area contributed by atoms with Crippen molar-refractivity contribution in [1.29, 1.82) is 0 Å². The number of amides is 1. The molecule has 0 aromatic heterocycles. The number of nitrogens with zero attached hydrogens (tertiary/aromatic N) is 2. The normalized spacial score (nSPS) is 16.8. The van der Waals surface area contributed by atoms with E-state index in [1.165, 1.54) is 4.90 Å². The summed E-state index contributed by atoms with van der Waals surface area (Å²) < 4.78 is 11.7. The standard InChI is InChI=1S/C31H34N2O5/c1-19(2)37-25-11-7-9-21(17-25)28-27(29(34)22-10-8-12-26(18-22)38-20(3)4)30(35)31(36)33(28)24-15-13-23(14-16-24)32(5)6/h7-20,28,34H,1-6H3/b29-27-. The predicted octanol–water partition coefficient (Wildman–Crippen LogP) is 5.95. The highest BCUT2D eigenvalue weighted by Gasteiger charge is 2.47. The minimum absolute atomic E-state index is 0.00933. The third-order valence-electron chi connectivity index (χ3n) is 6.11. The molecule has 0 bridgehead atoms. The second-order valence-corrected chi connectivity index (χ2v) is 10.0. The Balaban J connectivity index is 1.89. The van der Waals surface area contributed by atoms with Gasteiger partial charge >= 0.3 is 0 Å². The van der Waals surface area contributed by atoms with Gasteiger partial charge in [-0.15, -0.1) is 0 Å². The molecule has 38 heavy (non-hydrogen) atoms. The molecule has 3 aromatic carbocycles. The number of Topliss-reactive ketones (excluding diaryl/α,β-unsaturated/α-hetero) is 1. The number of aliphatic hydroxyl groups excluding tert-OH is 1. The van der Waals surface area contributed by atoms with Gasteiger partial charge in [0, 0.05) is 31.0 Å². The number of aliphatic hydroxyl groups is 1. The largest absolute Gasteiger partial charge is 0.507 e. The van der Waals surface area contributed by atoms with Crippen LogP contribution in [0.4, 0.5) is 11.4 Å². The molecule has 0 radical (unpaired) electrons. The highest BCUT2D eigenvalue weighted by molar-refractivity contribution is 6.51. The minimum Gasteiger partial charge on any atom is -0.507 e. The van der Waals surface area contributed by atoms with Crippen LogP contribution in [0.15, 0.2) is 78.4 Å². The SMILES string of the molecule is CC(C)Oc1cccc(/C(O)=C2/C(=O)C(=O)N(c3ccc(N(C)C)cc3)C2c2cccc(OC(C)C)c2)c1. The van der Waals surface area contributed by atoms with E-state index in [0.29, 0.717) is 28.3 Å². The van der Waals surface area contributed by atoms with E-state index in [4.69, 9.17) is 9.47 Å². The summed E-state index contributed by atoms with van der Waals surface area (Å²) in [6.07, 6.45) is -0.120. The summed E-state index contributed by atoms with van der Waals surface area (Å²) in [5.74, 6) is -0.557. The average Bonchev–Trinajstić information content (AvgIpc) is 3.13. The molecule has 1 fully saturated rings. The lowest BCUT2D eigenvalue weighted by Crippen LogP contribution is -2.29. The molecule has 1 heterocycles. The maximum atomic E-state index is 13.5. The summed E-state index contributed by atoms with van der Waals surface area (Å²) in [6, 6.07) is 20.7. The summed E-state index contributed by atoms with van der Waals surface area (Å²) in [6.45, 7) is 7.67. The maximum Gasteiger partial charge on any atom is 0.300 e. The molecule has 1 amide bonds. The molecule has 198 valence electrons. The van der Waals surface area contributed by atoms with Crippen molar-refractivity contribution in [3.63, 3.8) is 0 Å². The van der Waals surface area contributed by atoms with Crippen LogP contribution >= 0.6 is 0 Å². The highest BCUT2D eigenvalue weighted by Crippen LogP contribution is 2.43. The van der Waals surface area contributed by atoms with Crippen molar-refractivity contribution in [2.45, 2.75) is 45.9 Å². The van der Waals surface area contributed by atoms with Crippen LogP contribution in [0, 0.1) is 0 Å². The third kappa shape index (κ3) is 5.52. The van der Waals surface area contributed by atoms with E-state index in [9.17, 15) is 14.7 Å². The van der Waals surface area contributed by atoms with E-state index in [-0.39, 0.29) is 23.5 Å². The molecule has 1 unspecified atom stereocenters. The number of anilines is 2. The molecule has 4 rings (SSSR count). The summed E-state index contributed by atoms with van der Waals surface area (Å²) in [5, 5.41) is 11.5. The summed E-state index contributed by atoms with van der Waals surface area (Å²) >= 11 is 0. The summed E-state index contributed by atoms with van der Waals surface area (Å²) in [7, 11) is 3.86. The first-order valence-corrected chi connectivity index (χ1v) is 12.7. The van der Waals surface area contributed by atoms with Crippen molar-refractivity contribution >= 4 is 28.8 Å². The number of benzene rings is 3. The fourth-order valence-electron chi connectivity index (χ4n) is 4.50. The van der Waals surface area contributed by atoms with Gasteiger partial charge in [0.05, 0.1) is 23.8 Å². The third-order valence-corrected chi connectivity index (χ3v) is 6.11. The van der Waals surface area contributed by atoms with E-state index < -0.39 is 17.7 Å². The molecule has 3 aromatic rings. The van der Waals surface area contributed by atoms with E-state index in [0.717, 1.165) is 5.69 Å². The lowest BCUT2D eigenvalue weighted by molar-refractivity contribution is -0.132. The van der Waals surface area contributed by atoms with Gasteiger partial charge in [0.25, 0.3) is 11.7 Å². The zero-order valence-corrected chi connectivity index (χ0v) is 22.6.